The zero-order valence-corrected chi connectivity index (χ0v) is 15.0. The number of hydrogen-bond donors (Lipinski definition) is 1. The Labute approximate surface area is 152 Å². The highest BCUT2D eigenvalue weighted by Crippen LogP contribution is 2.25. The third-order valence-corrected chi connectivity index (χ3v) is 4.64. The number of carbonyl (C=O) groups is 1. The molecule has 1 heterocycles. The lowest BCUT2D eigenvalue weighted by atomic mass is 10.1. The van der Waals surface area contributed by atoms with Gasteiger partial charge in [0.1, 0.15) is 17.3 Å². The number of nitrogens with zero attached hydrogens (tertiary/aromatic N) is 1. The van der Waals surface area contributed by atoms with E-state index in [-0.39, 0.29) is 11.7 Å². The lowest BCUT2D eigenvalue weighted by Crippen LogP contribution is -2.31. The summed E-state index contributed by atoms with van der Waals surface area (Å²) < 4.78 is 23.5. The lowest BCUT2D eigenvalue weighted by Gasteiger charge is -2.19. The van der Waals surface area contributed by atoms with Crippen molar-refractivity contribution in [2.75, 3.05) is 38.8 Å². The monoisotopic (exact) mass is 358 g/mol. The van der Waals surface area contributed by atoms with E-state index in [9.17, 15) is 9.18 Å². The quantitative estimate of drug-likeness (QED) is 0.862. The molecule has 1 atom stereocenters. The first-order chi connectivity index (χ1) is 12.6. The third-order valence-electron chi connectivity index (χ3n) is 4.64. The number of ether oxygens (including phenoxy) is 2. The molecule has 1 aliphatic heterocycles. The summed E-state index contributed by atoms with van der Waals surface area (Å²) in [5, 5.41) is 2.99. The van der Waals surface area contributed by atoms with Gasteiger partial charge in [0.05, 0.1) is 14.2 Å². The molecule has 0 bridgehead atoms. The minimum absolute atomic E-state index is 0.151. The van der Waals surface area contributed by atoms with Gasteiger partial charge in [0.15, 0.2) is 0 Å². The predicted octanol–water partition coefficient (Wildman–Crippen LogP) is 3.10. The molecule has 1 N–H and O–H groups in total. The number of methoxy groups -OCH3 is 2. The van der Waals surface area contributed by atoms with Gasteiger partial charge >= 0.3 is 0 Å². The number of anilines is 1. The van der Waals surface area contributed by atoms with E-state index in [1.54, 1.807) is 44.6 Å². The minimum Gasteiger partial charge on any atom is -0.497 e. The second-order valence-corrected chi connectivity index (χ2v) is 6.39. The summed E-state index contributed by atoms with van der Waals surface area (Å²) >= 11 is 0. The summed E-state index contributed by atoms with van der Waals surface area (Å²) in [6, 6.07) is 11.6. The van der Waals surface area contributed by atoms with Gasteiger partial charge in [-0.25, -0.2) is 4.39 Å². The molecule has 2 aromatic rings. The Hall–Kier alpha value is -2.76. The van der Waals surface area contributed by atoms with E-state index in [1.807, 2.05) is 0 Å². The number of rotatable bonds is 6. The molecule has 26 heavy (non-hydrogen) atoms. The number of carbonyl (C=O) groups excluding carboxylic acids is 1. The first kappa shape index (κ1) is 18.0. The van der Waals surface area contributed by atoms with E-state index in [2.05, 4.69) is 10.2 Å². The van der Waals surface area contributed by atoms with E-state index >= 15 is 0 Å². The van der Waals surface area contributed by atoms with Crippen LogP contribution in [0.3, 0.4) is 0 Å². The van der Waals surface area contributed by atoms with Crippen LogP contribution >= 0.6 is 0 Å². The van der Waals surface area contributed by atoms with Crippen molar-refractivity contribution in [1.29, 1.82) is 0 Å². The molecule has 1 fully saturated rings. The second-order valence-electron chi connectivity index (χ2n) is 6.39. The van der Waals surface area contributed by atoms with Crippen molar-refractivity contribution in [3.63, 3.8) is 0 Å². The van der Waals surface area contributed by atoms with Crippen LogP contribution < -0.4 is 19.7 Å². The SMILES string of the molecule is COc1cc(OC)cc(C(=O)NCC2CCN(c3ccc(F)cc3)C2)c1. The van der Waals surface area contributed by atoms with Crippen LogP contribution in [0.1, 0.15) is 16.8 Å². The molecule has 1 unspecified atom stereocenters. The molecule has 3 rings (SSSR count). The Kier molecular flexibility index (Phi) is 5.61. The molecule has 6 heteroatoms. The molecule has 138 valence electrons. The van der Waals surface area contributed by atoms with Crippen LogP contribution in [0.2, 0.25) is 0 Å². The molecule has 2 aromatic carbocycles. The topological polar surface area (TPSA) is 50.8 Å². The van der Waals surface area contributed by atoms with Crippen molar-refractivity contribution < 1.29 is 18.7 Å². The normalized spacial score (nSPS) is 16.4. The van der Waals surface area contributed by atoms with Crippen LogP contribution in [-0.4, -0.2) is 39.8 Å². The van der Waals surface area contributed by atoms with E-state index in [0.29, 0.717) is 29.5 Å². The summed E-state index contributed by atoms with van der Waals surface area (Å²) in [7, 11) is 3.11. The highest BCUT2D eigenvalue weighted by Gasteiger charge is 2.23. The number of benzene rings is 2. The van der Waals surface area contributed by atoms with Gasteiger partial charge in [0, 0.05) is 37.0 Å². The number of nitrogens with one attached hydrogen (secondary N) is 1. The molecule has 0 aromatic heterocycles. The van der Waals surface area contributed by atoms with Crippen molar-refractivity contribution in [1.82, 2.24) is 5.32 Å². The molecule has 1 aliphatic rings. The Morgan fingerprint density at radius 1 is 1.15 bits per heavy atom. The molecular weight excluding hydrogens is 335 g/mol. The fourth-order valence-corrected chi connectivity index (χ4v) is 3.16. The highest BCUT2D eigenvalue weighted by molar-refractivity contribution is 5.95. The predicted molar refractivity (Wildman–Crippen MR) is 98.6 cm³/mol. The zero-order valence-electron chi connectivity index (χ0n) is 15.0. The Morgan fingerprint density at radius 3 is 2.42 bits per heavy atom. The van der Waals surface area contributed by atoms with Crippen molar-refractivity contribution >= 4 is 11.6 Å². The zero-order chi connectivity index (χ0) is 18.5. The summed E-state index contributed by atoms with van der Waals surface area (Å²) in [5.41, 5.74) is 1.52. The average molecular weight is 358 g/mol. The van der Waals surface area contributed by atoms with Crippen LogP contribution in [0.4, 0.5) is 10.1 Å². The van der Waals surface area contributed by atoms with Crippen molar-refractivity contribution in [3.05, 3.63) is 53.8 Å². The first-order valence-electron chi connectivity index (χ1n) is 8.61. The van der Waals surface area contributed by atoms with Gasteiger partial charge in [0.25, 0.3) is 5.91 Å². The molecule has 5 nitrogen and oxygen atoms in total. The molecule has 1 amide bonds. The molecule has 1 saturated heterocycles. The fraction of sp³-hybridized carbons (Fsp3) is 0.350. The van der Waals surface area contributed by atoms with E-state index in [4.69, 9.17) is 9.47 Å². The summed E-state index contributed by atoms with van der Waals surface area (Å²) in [6.45, 7) is 2.34. The van der Waals surface area contributed by atoms with Crippen LogP contribution in [0.5, 0.6) is 11.5 Å². The molecule has 0 radical (unpaired) electrons. The van der Waals surface area contributed by atoms with Gasteiger partial charge in [-0.2, -0.15) is 0 Å². The lowest BCUT2D eigenvalue weighted by molar-refractivity contribution is 0.0947. The molecular formula is C20H23FN2O3. The van der Waals surface area contributed by atoms with Crippen molar-refractivity contribution in [2.24, 2.45) is 5.92 Å². The Balaban J connectivity index is 1.56. The molecule has 0 spiro atoms. The molecule has 0 saturated carbocycles. The van der Waals surface area contributed by atoms with Gasteiger partial charge in [-0.15, -0.1) is 0 Å². The largest absolute Gasteiger partial charge is 0.497 e. The standard InChI is InChI=1S/C20H23FN2O3/c1-25-18-9-15(10-19(11-18)26-2)20(24)22-12-14-7-8-23(13-14)17-5-3-16(21)4-6-17/h3-6,9-11,14H,7-8,12-13H2,1-2H3,(H,22,24). The van der Waals surface area contributed by atoms with E-state index in [0.717, 1.165) is 25.2 Å². The number of halogens is 1. The fourth-order valence-electron chi connectivity index (χ4n) is 3.16. The van der Waals surface area contributed by atoms with Crippen LogP contribution in [-0.2, 0) is 0 Å². The summed E-state index contributed by atoms with van der Waals surface area (Å²) in [5.74, 6) is 1.14. The summed E-state index contributed by atoms with van der Waals surface area (Å²) in [4.78, 5) is 14.7. The van der Waals surface area contributed by atoms with Gasteiger partial charge < -0.3 is 19.7 Å². The average Bonchev–Trinajstić information content (AvgIpc) is 3.15. The first-order valence-corrected chi connectivity index (χ1v) is 8.61. The van der Waals surface area contributed by atoms with Crippen LogP contribution in [0, 0.1) is 11.7 Å². The molecule has 0 aliphatic carbocycles. The number of amides is 1. The second kappa shape index (κ2) is 8.08. The van der Waals surface area contributed by atoms with Crippen molar-refractivity contribution in [2.45, 2.75) is 6.42 Å². The van der Waals surface area contributed by atoms with E-state index in [1.165, 1.54) is 12.1 Å². The number of hydrogen-bond acceptors (Lipinski definition) is 4. The Bertz CT molecular complexity index is 742. The van der Waals surface area contributed by atoms with Crippen molar-refractivity contribution in [3.8, 4) is 11.5 Å². The minimum atomic E-state index is -0.231. The smallest absolute Gasteiger partial charge is 0.251 e. The van der Waals surface area contributed by atoms with Gasteiger partial charge in [-0.1, -0.05) is 0 Å². The summed E-state index contributed by atoms with van der Waals surface area (Å²) in [6.07, 6.45) is 0.985. The highest BCUT2D eigenvalue weighted by atomic mass is 19.1. The Morgan fingerprint density at radius 2 is 1.81 bits per heavy atom. The van der Waals surface area contributed by atoms with E-state index < -0.39 is 0 Å². The maximum atomic E-state index is 13.0. The van der Waals surface area contributed by atoms with Gasteiger partial charge in [-0.05, 0) is 48.7 Å². The van der Waals surface area contributed by atoms with Gasteiger partial charge in [-0.3, -0.25) is 4.79 Å². The maximum absolute atomic E-state index is 13.0. The third kappa shape index (κ3) is 4.25. The van der Waals surface area contributed by atoms with Crippen LogP contribution in [0.15, 0.2) is 42.5 Å². The van der Waals surface area contributed by atoms with Gasteiger partial charge in [0.2, 0.25) is 0 Å². The van der Waals surface area contributed by atoms with Crippen LogP contribution in [0.25, 0.3) is 0 Å². The maximum Gasteiger partial charge on any atom is 0.251 e.